The van der Waals surface area contributed by atoms with Gasteiger partial charge in [0.25, 0.3) is 5.91 Å². The van der Waals surface area contributed by atoms with Gasteiger partial charge >= 0.3 is 0 Å². The summed E-state index contributed by atoms with van der Waals surface area (Å²) in [5.74, 6) is 0.743. The van der Waals surface area contributed by atoms with Gasteiger partial charge in [0, 0.05) is 30.5 Å². The minimum absolute atomic E-state index is 0.0204. The minimum Gasteiger partial charge on any atom is -0.437 e. The lowest BCUT2D eigenvalue weighted by atomic mass is 10.1. The van der Waals surface area contributed by atoms with Crippen molar-refractivity contribution in [3.8, 4) is 11.6 Å². The topological polar surface area (TPSA) is 90.1 Å². The Kier molecular flexibility index (Phi) is 5.85. The number of carbonyl (C=O) groups is 1. The van der Waals surface area contributed by atoms with E-state index in [1.165, 1.54) is 6.20 Å². The lowest BCUT2D eigenvalue weighted by molar-refractivity contribution is 0.0950. The molecule has 1 aromatic carbocycles. The summed E-state index contributed by atoms with van der Waals surface area (Å²) in [7, 11) is 0. The third-order valence-electron chi connectivity index (χ3n) is 3.04. The van der Waals surface area contributed by atoms with E-state index >= 15 is 0 Å². The van der Waals surface area contributed by atoms with Crippen LogP contribution >= 0.6 is 0 Å². The van der Waals surface area contributed by atoms with Crippen LogP contribution in [0.2, 0.25) is 0 Å². The number of hydrogen-bond donors (Lipinski definition) is 2. The molecule has 1 unspecified atom stereocenters. The summed E-state index contributed by atoms with van der Waals surface area (Å²) < 4.78 is 5.56. The normalized spacial score (nSPS) is 11.7. The van der Waals surface area contributed by atoms with E-state index in [1.54, 1.807) is 36.7 Å². The molecule has 0 saturated carbocycles. The average Bonchev–Trinajstić information content (AvgIpc) is 2.54. The van der Waals surface area contributed by atoms with Gasteiger partial charge in [-0.2, -0.15) is 0 Å². The third kappa shape index (κ3) is 4.82. The smallest absolute Gasteiger partial charge is 0.251 e. The van der Waals surface area contributed by atoms with Crippen LogP contribution < -0.4 is 15.8 Å². The van der Waals surface area contributed by atoms with Crippen LogP contribution in [0.15, 0.2) is 42.9 Å². The summed E-state index contributed by atoms with van der Waals surface area (Å²) in [5, 5.41) is 2.83. The van der Waals surface area contributed by atoms with Crippen LogP contribution in [-0.2, 0) is 0 Å². The Morgan fingerprint density at radius 1 is 1.41 bits per heavy atom. The number of amides is 1. The molecule has 0 radical (unpaired) electrons. The quantitative estimate of drug-likeness (QED) is 0.817. The summed E-state index contributed by atoms with van der Waals surface area (Å²) in [6.45, 7) is 2.52. The van der Waals surface area contributed by atoms with Crippen molar-refractivity contribution in [2.24, 2.45) is 5.73 Å². The zero-order chi connectivity index (χ0) is 15.8. The van der Waals surface area contributed by atoms with Gasteiger partial charge in [0.2, 0.25) is 5.88 Å². The van der Waals surface area contributed by atoms with Crippen molar-refractivity contribution in [1.82, 2.24) is 15.3 Å². The van der Waals surface area contributed by atoms with Gasteiger partial charge in [-0.25, -0.2) is 4.98 Å². The number of nitrogens with zero attached hydrogens (tertiary/aromatic N) is 2. The van der Waals surface area contributed by atoms with Gasteiger partial charge in [-0.05, 0) is 24.6 Å². The summed E-state index contributed by atoms with van der Waals surface area (Å²) in [4.78, 5) is 20.1. The average molecular weight is 300 g/mol. The van der Waals surface area contributed by atoms with E-state index in [2.05, 4.69) is 22.2 Å². The summed E-state index contributed by atoms with van der Waals surface area (Å²) in [5.41, 5.74) is 6.41. The Hall–Kier alpha value is -2.47. The maximum absolute atomic E-state index is 12.1. The number of rotatable bonds is 7. The fraction of sp³-hybridized carbons (Fsp3) is 0.312. The monoisotopic (exact) mass is 300 g/mol. The van der Waals surface area contributed by atoms with E-state index < -0.39 is 0 Å². The summed E-state index contributed by atoms with van der Waals surface area (Å²) in [6.07, 6.45) is 6.50. The van der Waals surface area contributed by atoms with E-state index in [-0.39, 0.29) is 11.9 Å². The predicted octanol–water partition coefficient (Wildman–Crippen LogP) is 2.13. The van der Waals surface area contributed by atoms with Gasteiger partial charge in [0.05, 0.1) is 6.20 Å². The highest BCUT2D eigenvalue weighted by molar-refractivity contribution is 5.94. The molecule has 0 bridgehead atoms. The first-order valence-electron chi connectivity index (χ1n) is 7.26. The van der Waals surface area contributed by atoms with E-state index in [1.807, 2.05) is 0 Å². The van der Waals surface area contributed by atoms with Crippen molar-refractivity contribution < 1.29 is 9.53 Å². The number of carbonyl (C=O) groups excluding carboxylic acids is 1. The zero-order valence-electron chi connectivity index (χ0n) is 12.5. The second kappa shape index (κ2) is 8.09. The summed E-state index contributed by atoms with van der Waals surface area (Å²) >= 11 is 0. The van der Waals surface area contributed by atoms with Crippen molar-refractivity contribution in [3.05, 3.63) is 48.4 Å². The van der Waals surface area contributed by atoms with Crippen molar-refractivity contribution in [3.63, 3.8) is 0 Å². The first-order valence-corrected chi connectivity index (χ1v) is 7.26. The maximum atomic E-state index is 12.1. The molecule has 0 fully saturated rings. The molecule has 3 N–H and O–H groups in total. The molecule has 0 aliphatic rings. The Bertz CT molecular complexity index is 604. The zero-order valence-corrected chi connectivity index (χ0v) is 12.5. The standard InChI is InChI=1S/C16H20N4O2/c1-2-4-13(17)10-20-16(21)12-5-3-6-14(9-12)22-15-11-18-7-8-19-15/h3,5-9,11,13H,2,4,10,17H2,1H3,(H,20,21). The van der Waals surface area contributed by atoms with Crippen molar-refractivity contribution in [2.75, 3.05) is 6.54 Å². The lowest BCUT2D eigenvalue weighted by Crippen LogP contribution is -2.37. The molecular weight excluding hydrogens is 280 g/mol. The van der Waals surface area contributed by atoms with Crippen LogP contribution in [0, 0.1) is 0 Å². The largest absolute Gasteiger partial charge is 0.437 e. The highest BCUT2D eigenvalue weighted by Crippen LogP contribution is 2.19. The Balaban J connectivity index is 1.97. The molecule has 0 aliphatic heterocycles. The van der Waals surface area contributed by atoms with Gasteiger partial charge < -0.3 is 15.8 Å². The Labute approximate surface area is 129 Å². The Morgan fingerprint density at radius 3 is 3.00 bits per heavy atom. The number of nitrogens with one attached hydrogen (secondary N) is 1. The number of nitrogens with two attached hydrogens (primary N) is 1. The number of benzene rings is 1. The second-order valence-electron chi connectivity index (χ2n) is 4.93. The van der Waals surface area contributed by atoms with E-state index in [0.29, 0.717) is 23.7 Å². The molecule has 1 heterocycles. The van der Waals surface area contributed by atoms with E-state index in [4.69, 9.17) is 10.5 Å². The molecule has 6 nitrogen and oxygen atoms in total. The fourth-order valence-electron chi connectivity index (χ4n) is 1.96. The molecule has 2 rings (SSSR count). The maximum Gasteiger partial charge on any atom is 0.251 e. The van der Waals surface area contributed by atoms with Gasteiger partial charge in [0.15, 0.2) is 0 Å². The number of hydrogen-bond acceptors (Lipinski definition) is 5. The third-order valence-corrected chi connectivity index (χ3v) is 3.04. The SMILES string of the molecule is CCCC(N)CNC(=O)c1cccc(Oc2cnccn2)c1. The molecule has 0 saturated heterocycles. The van der Waals surface area contributed by atoms with Crippen LogP contribution in [0.3, 0.4) is 0 Å². The molecule has 0 spiro atoms. The number of ether oxygens (including phenoxy) is 1. The van der Waals surface area contributed by atoms with Gasteiger partial charge in [0.1, 0.15) is 5.75 Å². The molecule has 2 aromatic rings. The van der Waals surface area contributed by atoms with Gasteiger partial charge in [-0.3, -0.25) is 9.78 Å². The molecule has 22 heavy (non-hydrogen) atoms. The first kappa shape index (κ1) is 15.9. The molecular formula is C16H20N4O2. The van der Waals surface area contributed by atoms with Gasteiger partial charge in [-0.1, -0.05) is 19.4 Å². The highest BCUT2D eigenvalue weighted by atomic mass is 16.5. The minimum atomic E-state index is -0.170. The van der Waals surface area contributed by atoms with E-state index in [9.17, 15) is 4.79 Å². The highest BCUT2D eigenvalue weighted by Gasteiger charge is 2.09. The fourth-order valence-corrected chi connectivity index (χ4v) is 1.96. The van der Waals surface area contributed by atoms with Crippen LogP contribution in [-0.4, -0.2) is 28.5 Å². The number of aromatic nitrogens is 2. The molecule has 116 valence electrons. The second-order valence-corrected chi connectivity index (χ2v) is 4.93. The van der Waals surface area contributed by atoms with E-state index in [0.717, 1.165) is 12.8 Å². The van der Waals surface area contributed by atoms with Crippen LogP contribution in [0.4, 0.5) is 0 Å². The first-order chi connectivity index (χ1) is 10.7. The molecule has 1 atom stereocenters. The van der Waals surface area contributed by atoms with Gasteiger partial charge in [-0.15, -0.1) is 0 Å². The van der Waals surface area contributed by atoms with Crippen LogP contribution in [0.1, 0.15) is 30.1 Å². The predicted molar refractivity (Wildman–Crippen MR) is 83.8 cm³/mol. The lowest BCUT2D eigenvalue weighted by Gasteiger charge is -2.12. The van der Waals surface area contributed by atoms with Crippen molar-refractivity contribution in [1.29, 1.82) is 0 Å². The van der Waals surface area contributed by atoms with Crippen LogP contribution in [0.5, 0.6) is 11.6 Å². The van der Waals surface area contributed by atoms with Crippen molar-refractivity contribution >= 4 is 5.91 Å². The summed E-state index contributed by atoms with van der Waals surface area (Å²) in [6, 6.07) is 6.88. The van der Waals surface area contributed by atoms with Crippen molar-refractivity contribution in [2.45, 2.75) is 25.8 Å². The molecule has 1 amide bonds. The van der Waals surface area contributed by atoms with Crippen LogP contribution in [0.25, 0.3) is 0 Å². The molecule has 6 heteroatoms. The molecule has 0 aliphatic carbocycles. The Morgan fingerprint density at radius 2 is 2.27 bits per heavy atom. The molecule has 1 aromatic heterocycles.